The van der Waals surface area contributed by atoms with Gasteiger partial charge in [-0.05, 0) is 43.4 Å². The van der Waals surface area contributed by atoms with Gasteiger partial charge in [-0.25, -0.2) is 9.13 Å². The van der Waals surface area contributed by atoms with Crippen LogP contribution in [0.15, 0.2) is 0 Å². The van der Waals surface area contributed by atoms with Crippen LogP contribution in [0, 0.1) is 17.8 Å². The van der Waals surface area contributed by atoms with E-state index in [1.165, 1.54) is 186 Å². The number of hydrogen-bond donors (Lipinski definition) is 3. The van der Waals surface area contributed by atoms with Crippen LogP contribution in [0.4, 0.5) is 0 Å². The number of phosphoric ester groups is 2. The SMILES string of the molecule is CCCCCCCCCCCCCCCCCCCCCCCCC(=O)O[C@H](COC(=O)CCCCCCCCCCC(C)C)COP(=O)(O)OC[C@@H](O)COP(=O)(O)OC[C@@H](COC(=O)CCCCCCCCC(C)CC)OC(=O)CCCCCCCCCCC(C)C. The lowest BCUT2D eigenvalue weighted by atomic mass is 10.00. The third kappa shape index (κ3) is 67.3. The van der Waals surface area contributed by atoms with Crippen molar-refractivity contribution in [2.24, 2.45) is 17.8 Å². The predicted octanol–water partition coefficient (Wildman–Crippen LogP) is 21.8. The second kappa shape index (κ2) is 65.7. The van der Waals surface area contributed by atoms with Crippen molar-refractivity contribution in [1.82, 2.24) is 0 Å². The molecule has 0 aromatic carbocycles. The van der Waals surface area contributed by atoms with Gasteiger partial charge in [0, 0.05) is 25.7 Å². The monoisotopic (exact) mass is 1380 g/mol. The first-order valence-electron chi connectivity index (χ1n) is 38.9. The van der Waals surface area contributed by atoms with Crippen LogP contribution in [0.25, 0.3) is 0 Å². The summed E-state index contributed by atoms with van der Waals surface area (Å²) in [4.78, 5) is 72.7. The highest BCUT2D eigenvalue weighted by Gasteiger charge is 2.30. The number of unbranched alkanes of at least 4 members (excludes halogenated alkanes) is 40. The predicted molar refractivity (Wildman–Crippen MR) is 381 cm³/mol. The van der Waals surface area contributed by atoms with Crippen LogP contribution >= 0.6 is 15.6 Å². The molecule has 19 heteroatoms. The van der Waals surface area contributed by atoms with Crippen molar-refractivity contribution in [3.63, 3.8) is 0 Å². The molecule has 0 aromatic heterocycles. The Labute approximate surface area is 575 Å². The number of aliphatic hydroxyl groups excluding tert-OH is 1. The highest BCUT2D eigenvalue weighted by molar-refractivity contribution is 7.47. The van der Waals surface area contributed by atoms with Gasteiger partial charge in [-0.15, -0.1) is 0 Å². The van der Waals surface area contributed by atoms with Gasteiger partial charge in [0.2, 0.25) is 0 Å². The van der Waals surface area contributed by atoms with E-state index < -0.39 is 97.5 Å². The molecule has 0 aliphatic rings. The van der Waals surface area contributed by atoms with Gasteiger partial charge in [-0.1, -0.05) is 331 Å². The van der Waals surface area contributed by atoms with Crippen molar-refractivity contribution in [2.75, 3.05) is 39.6 Å². The van der Waals surface area contributed by atoms with E-state index in [2.05, 4.69) is 48.5 Å². The molecule has 0 saturated heterocycles. The normalized spacial score (nSPS) is 14.4. The molecule has 0 aromatic rings. The highest BCUT2D eigenvalue weighted by atomic mass is 31.2. The number of phosphoric acid groups is 2. The molecular weight excluding hydrogens is 1230 g/mol. The van der Waals surface area contributed by atoms with Gasteiger partial charge < -0.3 is 33.8 Å². The second-order valence-electron chi connectivity index (χ2n) is 28.2. The smallest absolute Gasteiger partial charge is 0.462 e. The Morgan fingerprint density at radius 1 is 0.309 bits per heavy atom. The van der Waals surface area contributed by atoms with Gasteiger partial charge in [0.1, 0.15) is 19.3 Å². The Kier molecular flexibility index (Phi) is 64.3. The molecule has 0 aliphatic carbocycles. The van der Waals surface area contributed by atoms with Crippen molar-refractivity contribution < 1.29 is 80.2 Å². The fraction of sp³-hybridized carbons (Fsp3) is 0.947. The minimum absolute atomic E-state index is 0.103. The highest BCUT2D eigenvalue weighted by Crippen LogP contribution is 2.45. The molecule has 0 heterocycles. The third-order valence-corrected chi connectivity index (χ3v) is 19.6. The largest absolute Gasteiger partial charge is 0.472 e. The van der Waals surface area contributed by atoms with Gasteiger partial charge in [0.15, 0.2) is 12.2 Å². The number of carbonyl (C=O) groups excluding carboxylic acids is 4. The van der Waals surface area contributed by atoms with Crippen molar-refractivity contribution >= 4 is 39.5 Å². The average molecular weight is 1380 g/mol. The maximum atomic E-state index is 13.1. The topological polar surface area (TPSA) is 237 Å². The molecule has 0 radical (unpaired) electrons. The van der Waals surface area contributed by atoms with Gasteiger partial charge in [0.25, 0.3) is 0 Å². The quantitative estimate of drug-likeness (QED) is 0.0222. The molecule has 0 saturated carbocycles. The molecule has 17 nitrogen and oxygen atoms in total. The lowest BCUT2D eigenvalue weighted by Crippen LogP contribution is -2.30. The van der Waals surface area contributed by atoms with E-state index in [0.29, 0.717) is 25.7 Å². The van der Waals surface area contributed by atoms with Crippen LogP contribution in [-0.2, 0) is 65.4 Å². The molecular formula is C75H146O17P2. The van der Waals surface area contributed by atoms with Crippen LogP contribution in [0.2, 0.25) is 0 Å². The van der Waals surface area contributed by atoms with Gasteiger partial charge in [-0.3, -0.25) is 37.3 Å². The van der Waals surface area contributed by atoms with E-state index in [9.17, 15) is 43.2 Å². The van der Waals surface area contributed by atoms with Crippen LogP contribution in [0.1, 0.15) is 382 Å². The molecule has 0 bridgehead atoms. The number of esters is 4. The van der Waals surface area contributed by atoms with E-state index in [0.717, 1.165) is 114 Å². The van der Waals surface area contributed by atoms with Crippen molar-refractivity contribution in [3.05, 3.63) is 0 Å². The zero-order valence-electron chi connectivity index (χ0n) is 61.4. The number of hydrogen-bond acceptors (Lipinski definition) is 15. The standard InChI is InChI=1S/C75H146O17P2/c1-8-10-11-12-13-14-15-16-17-18-19-20-21-22-23-24-25-26-27-35-44-51-58-74(79)91-70(62-85-72(77)56-49-42-34-30-28-32-39-46-53-66(3)4)64-89-93(81,82)87-60-69(76)61-88-94(83,84)90-65-71(63-86-73(78)57-50-43-38-37-41-48-55-68(7)9-2)92-75(80)59-52-45-36-31-29-33-40-47-54-67(5)6/h66-71,76H,8-65H2,1-7H3,(H,81,82)(H,83,84)/t68?,69-,70-,71-/m1/s1. The minimum atomic E-state index is -4.96. The zero-order valence-corrected chi connectivity index (χ0v) is 63.2. The number of aliphatic hydroxyl groups is 1. The summed E-state index contributed by atoms with van der Waals surface area (Å²) in [5.41, 5.74) is 0. The first-order valence-corrected chi connectivity index (χ1v) is 41.9. The summed E-state index contributed by atoms with van der Waals surface area (Å²) in [6.07, 6.45) is 51.7. The Bertz CT molecular complexity index is 1840. The molecule has 6 atom stereocenters. The minimum Gasteiger partial charge on any atom is -0.462 e. The molecule has 3 N–H and O–H groups in total. The summed E-state index contributed by atoms with van der Waals surface area (Å²) in [5, 5.41) is 10.6. The maximum Gasteiger partial charge on any atom is 0.472 e. The Morgan fingerprint density at radius 2 is 0.543 bits per heavy atom. The molecule has 94 heavy (non-hydrogen) atoms. The summed E-state index contributed by atoms with van der Waals surface area (Å²) in [6.45, 7) is 11.8. The van der Waals surface area contributed by atoms with Gasteiger partial charge >= 0.3 is 39.5 Å². The van der Waals surface area contributed by atoms with E-state index in [1.54, 1.807) is 0 Å². The molecule has 0 amide bonds. The molecule has 0 fully saturated rings. The summed E-state index contributed by atoms with van der Waals surface area (Å²) in [5.74, 6) is 0.0494. The molecule has 0 rings (SSSR count). The molecule has 0 aliphatic heterocycles. The van der Waals surface area contributed by atoms with Crippen molar-refractivity contribution in [1.29, 1.82) is 0 Å². The van der Waals surface area contributed by atoms with E-state index in [-0.39, 0.29) is 25.7 Å². The summed E-state index contributed by atoms with van der Waals surface area (Å²) in [7, 11) is -9.91. The van der Waals surface area contributed by atoms with E-state index in [4.69, 9.17) is 37.0 Å². The average Bonchev–Trinajstić information content (AvgIpc) is 1.22. The van der Waals surface area contributed by atoms with Crippen LogP contribution < -0.4 is 0 Å². The van der Waals surface area contributed by atoms with E-state index in [1.807, 2.05) is 0 Å². The molecule has 3 unspecified atom stereocenters. The van der Waals surface area contributed by atoms with Crippen LogP contribution in [0.5, 0.6) is 0 Å². The third-order valence-electron chi connectivity index (χ3n) is 17.7. The number of rotatable bonds is 73. The first kappa shape index (κ1) is 92.1. The lowest BCUT2D eigenvalue weighted by Gasteiger charge is -2.21. The molecule has 0 spiro atoms. The summed E-state index contributed by atoms with van der Waals surface area (Å²) < 4.78 is 68.4. The zero-order chi connectivity index (χ0) is 69.4. The van der Waals surface area contributed by atoms with Gasteiger partial charge in [0.05, 0.1) is 26.4 Å². The molecule has 558 valence electrons. The Hall–Kier alpha value is -1.94. The van der Waals surface area contributed by atoms with Crippen LogP contribution in [-0.4, -0.2) is 96.7 Å². The Morgan fingerprint density at radius 3 is 0.809 bits per heavy atom. The van der Waals surface area contributed by atoms with Gasteiger partial charge in [-0.2, -0.15) is 0 Å². The number of ether oxygens (including phenoxy) is 4. The van der Waals surface area contributed by atoms with Crippen LogP contribution in [0.3, 0.4) is 0 Å². The Balaban J connectivity index is 5.16. The summed E-state index contributed by atoms with van der Waals surface area (Å²) >= 11 is 0. The van der Waals surface area contributed by atoms with Crippen molar-refractivity contribution in [3.8, 4) is 0 Å². The first-order chi connectivity index (χ1) is 45.3. The second-order valence-corrected chi connectivity index (χ2v) is 31.1. The maximum absolute atomic E-state index is 13.1. The summed E-state index contributed by atoms with van der Waals surface area (Å²) in [6, 6.07) is 0. The van der Waals surface area contributed by atoms with Crippen molar-refractivity contribution in [2.45, 2.75) is 401 Å². The lowest BCUT2D eigenvalue weighted by molar-refractivity contribution is -0.161. The number of carbonyl (C=O) groups is 4. The fourth-order valence-corrected chi connectivity index (χ4v) is 13.0. The fourth-order valence-electron chi connectivity index (χ4n) is 11.4. The van der Waals surface area contributed by atoms with E-state index >= 15 is 0 Å².